The third-order valence-corrected chi connectivity index (χ3v) is 6.65. The molecule has 2 aliphatic rings. The van der Waals surface area contributed by atoms with E-state index in [1.54, 1.807) is 0 Å². The Morgan fingerprint density at radius 3 is 1.92 bits per heavy atom. The summed E-state index contributed by atoms with van der Waals surface area (Å²) in [6.45, 7) is 8.30. The second kappa shape index (κ2) is 11.8. The van der Waals surface area contributed by atoms with Crippen LogP contribution < -0.4 is 5.32 Å². The van der Waals surface area contributed by atoms with Crippen LogP contribution in [-0.4, -0.2) is 119 Å². The van der Waals surface area contributed by atoms with Gasteiger partial charge in [-0.25, -0.2) is 20.0 Å². The zero-order valence-corrected chi connectivity index (χ0v) is 24.8. The summed E-state index contributed by atoms with van der Waals surface area (Å²) in [5.41, 5.74) is 4.57. The van der Waals surface area contributed by atoms with Crippen molar-refractivity contribution in [3.63, 3.8) is 0 Å². The van der Waals surface area contributed by atoms with Crippen LogP contribution in [-0.2, 0) is 13.1 Å². The topological polar surface area (TPSA) is 109 Å². The van der Waals surface area contributed by atoms with Crippen LogP contribution in [0, 0.1) is 13.8 Å². The van der Waals surface area contributed by atoms with E-state index >= 15 is 0 Å². The average Bonchev–Trinajstić information content (AvgIpc) is 3.49. The fourth-order valence-corrected chi connectivity index (χ4v) is 4.73. The summed E-state index contributed by atoms with van der Waals surface area (Å²) < 4.78 is 0. The molecule has 3 N–H and O–H groups in total. The molecule has 0 aromatic carbocycles. The van der Waals surface area contributed by atoms with Gasteiger partial charge >= 0.3 is 0 Å². The Morgan fingerprint density at radius 2 is 1.36 bits per heavy atom. The number of aromatic amines is 2. The molecule has 0 radical (unpaired) electrons. The molecule has 12 heteroatoms. The Kier molecular flexibility index (Phi) is 8.51. The van der Waals surface area contributed by atoms with E-state index in [1.807, 2.05) is 59.0 Å². The molecule has 2 aromatic rings. The summed E-state index contributed by atoms with van der Waals surface area (Å²) in [5, 5.41) is 3.40. The highest BCUT2D eigenvalue weighted by Gasteiger charge is 2.28. The zero-order valence-electron chi connectivity index (χ0n) is 24.8. The highest BCUT2D eigenvalue weighted by Crippen LogP contribution is 2.17. The van der Waals surface area contributed by atoms with E-state index in [4.69, 9.17) is 20.0 Å². The summed E-state index contributed by atoms with van der Waals surface area (Å²) in [7, 11) is 12.1. The molecular formula is C27H44N12. The van der Waals surface area contributed by atoms with Crippen molar-refractivity contribution in [1.82, 2.24) is 39.8 Å². The molecule has 0 bridgehead atoms. The minimum absolute atomic E-state index is 0.159. The summed E-state index contributed by atoms with van der Waals surface area (Å²) in [6, 6.07) is 8.44. The van der Waals surface area contributed by atoms with Crippen LogP contribution in [0.1, 0.15) is 36.1 Å². The lowest BCUT2D eigenvalue weighted by atomic mass is 10.3. The second-order valence-electron chi connectivity index (χ2n) is 10.7. The molecule has 0 saturated carbocycles. The molecular weight excluding hydrogens is 492 g/mol. The zero-order chi connectivity index (χ0) is 28.3. The summed E-state index contributed by atoms with van der Waals surface area (Å²) in [4.78, 5) is 37.0. The van der Waals surface area contributed by atoms with Crippen molar-refractivity contribution in [2.75, 3.05) is 48.8 Å². The Bertz CT molecular complexity index is 1250. The summed E-state index contributed by atoms with van der Waals surface area (Å²) in [5.74, 6) is 3.38. The van der Waals surface area contributed by atoms with E-state index in [0.29, 0.717) is 6.54 Å². The number of hydrogen-bond donors (Lipinski definition) is 3. The van der Waals surface area contributed by atoms with Crippen LogP contribution in [0.3, 0.4) is 0 Å². The first-order valence-electron chi connectivity index (χ1n) is 13.4. The van der Waals surface area contributed by atoms with Gasteiger partial charge in [0.2, 0.25) is 23.8 Å². The van der Waals surface area contributed by atoms with E-state index in [-0.39, 0.29) is 12.3 Å². The number of nitrogens with one attached hydrogen (secondary N) is 3. The van der Waals surface area contributed by atoms with Gasteiger partial charge in [0, 0.05) is 78.0 Å². The van der Waals surface area contributed by atoms with Crippen molar-refractivity contribution in [1.29, 1.82) is 0 Å². The molecule has 12 nitrogen and oxygen atoms in total. The van der Waals surface area contributed by atoms with E-state index in [0.717, 1.165) is 66.1 Å². The predicted octanol–water partition coefficient (Wildman–Crippen LogP) is 2.05. The van der Waals surface area contributed by atoms with E-state index in [2.05, 4.69) is 68.1 Å². The molecule has 0 fully saturated rings. The molecule has 4 heterocycles. The first-order chi connectivity index (χ1) is 18.5. The van der Waals surface area contributed by atoms with Crippen molar-refractivity contribution in [2.45, 2.75) is 52.6 Å². The van der Waals surface area contributed by atoms with Crippen LogP contribution in [0.5, 0.6) is 0 Å². The monoisotopic (exact) mass is 536 g/mol. The highest BCUT2D eigenvalue weighted by atomic mass is 15.5. The van der Waals surface area contributed by atoms with Gasteiger partial charge in [-0.2, -0.15) is 0 Å². The van der Waals surface area contributed by atoms with Crippen molar-refractivity contribution < 1.29 is 0 Å². The van der Waals surface area contributed by atoms with Gasteiger partial charge in [0.1, 0.15) is 12.3 Å². The highest BCUT2D eigenvalue weighted by molar-refractivity contribution is 6.00. The van der Waals surface area contributed by atoms with Gasteiger partial charge in [0.05, 0.1) is 13.1 Å². The van der Waals surface area contributed by atoms with Gasteiger partial charge in [-0.1, -0.05) is 0 Å². The maximum Gasteiger partial charge on any atom is 0.205 e. The van der Waals surface area contributed by atoms with Gasteiger partial charge in [0.15, 0.2) is 0 Å². The Morgan fingerprint density at radius 1 is 0.769 bits per heavy atom. The third kappa shape index (κ3) is 6.92. The fourth-order valence-electron chi connectivity index (χ4n) is 4.73. The number of aromatic nitrogens is 2. The van der Waals surface area contributed by atoms with Crippen LogP contribution in [0.25, 0.3) is 0 Å². The Hall–Kier alpha value is -3.96. The van der Waals surface area contributed by atoms with Crippen LogP contribution in [0.2, 0.25) is 0 Å². The number of aryl methyl sites for hydroxylation is 2. The maximum absolute atomic E-state index is 5.01. The Labute approximate surface area is 232 Å². The van der Waals surface area contributed by atoms with E-state index in [9.17, 15) is 0 Å². The van der Waals surface area contributed by atoms with Crippen LogP contribution in [0.15, 0.2) is 44.2 Å². The van der Waals surface area contributed by atoms with Gasteiger partial charge in [-0.05, 0) is 45.0 Å². The van der Waals surface area contributed by atoms with Gasteiger partial charge < -0.3 is 29.6 Å². The number of H-pyrrole nitrogens is 2. The van der Waals surface area contributed by atoms with Crippen LogP contribution >= 0.6 is 0 Å². The molecule has 0 aliphatic carbocycles. The normalized spacial score (nSPS) is 19.1. The maximum atomic E-state index is 5.01. The number of rotatable bonds is 7. The standard InChI is InChI=1S/C27H44N12/c1-18-10-12-21(28-18)16-37(8)25-33-23(32-24(34-25)35(4)5)14-15-39(17-22-13-11-19(2)29-22)27-31-20(3)30-26(36(6)7)38(27)9/h10-13,20,23,28-29H,14-17H2,1-9H3,(H,32,33,34). The lowest BCUT2D eigenvalue weighted by Crippen LogP contribution is -2.53. The minimum Gasteiger partial charge on any atom is -0.361 e. The third-order valence-electron chi connectivity index (χ3n) is 6.65. The van der Waals surface area contributed by atoms with Gasteiger partial charge in [-0.3, -0.25) is 10.2 Å². The number of nitrogens with zero attached hydrogens (tertiary/aromatic N) is 9. The van der Waals surface area contributed by atoms with Gasteiger partial charge in [0.25, 0.3) is 0 Å². The molecule has 0 amide bonds. The van der Waals surface area contributed by atoms with E-state index in [1.165, 1.54) is 0 Å². The largest absolute Gasteiger partial charge is 0.361 e. The molecule has 2 unspecified atom stereocenters. The molecule has 0 spiro atoms. The number of aliphatic imine (C=N–C) groups is 4. The molecule has 39 heavy (non-hydrogen) atoms. The average molecular weight is 537 g/mol. The fraction of sp³-hybridized carbons (Fsp3) is 0.556. The summed E-state index contributed by atoms with van der Waals surface area (Å²) >= 11 is 0. The number of guanidine groups is 4. The van der Waals surface area contributed by atoms with Crippen molar-refractivity contribution in [2.24, 2.45) is 20.0 Å². The summed E-state index contributed by atoms with van der Waals surface area (Å²) in [6.07, 6.45) is 0.342. The minimum atomic E-state index is -0.228. The van der Waals surface area contributed by atoms with Crippen molar-refractivity contribution in [3.05, 3.63) is 47.0 Å². The van der Waals surface area contributed by atoms with E-state index < -0.39 is 0 Å². The van der Waals surface area contributed by atoms with Crippen molar-refractivity contribution in [3.8, 4) is 0 Å². The molecule has 212 valence electrons. The smallest absolute Gasteiger partial charge is 0.205 e. The molecule has 4 rings (SSSR count). The molecule has 0 saturated heterocycles. The molecule has 2 aromatic heterocycles. The lowest BCUT2D eigenvalue weighted by molar-refractivity contribution is 0.335. The SMILES string of the molecule is Cc1ccc(CN(C)C2=NC(CCN(Cc3ccc(C)[nH]3)C3=NC(C)N=C(N(C)C)N3C)N=C(N(C)C)N2)[nH]1. The first kappa shape index (κ1) is 28.1. The second-order valence-corrected chi connectivity index (χ2v) is 10.7. The molecule has 2 atom stereocenters. The van der Waals surface area contributed by atoms with Crippen molar-refractivity contribution >= 4 is 23.8 Å². The lowest BCUT2D eigenvalue weighted by Gasteiger charge is -2.38. The van der Waals surface area contributed by atoms with Crippen LogP contribution in [0.4, 0.5) is 0 Å². The predicted molar refractivity (Wildman–Crippen MR) is 159 cm³/mol. The quantitative estimate of drug-likeness (QED) is 0.500. The van der Waals surface area contributed by atoms with Gasteiger partial charge in [-0.15, -0.1) is 0 Å². The number of hydrogen-bond acceptors (Lipinski definition) is 10. The first-order valence-corrected chi connectivity index (χ1v) is 13.4. The Balaban J connectivity index is 1.55. The molecule has 2 aliphatic heterocycles.